The molecule has 3 fully saturated rings. The smallest absolute Gasteiger partial charge is 0.128 e. The molecule has 0 amide bonds. The van der Waals surface area contributed by atoms with Gasteiger partial charge in [-0.3, -0.25) is 14.8 Å². The summed E-state index contributed by atoms with van der Waals surface area (Å²) in [5, 5.41) is 10.5. The van der Waals surface area contributed by atoms with Crippen molar-refractivity contribution in [2.75, 3.05) is 55.6 Å². The van der Waals surface area contributed by atoms with Gasteiger partial charge in [0.2, 0.25) is 0 Å². The van der Waals surface area contributed by atoms with Crippen molar-refractivity contribution in [3.8, 4) is 6.07 Å². The van der Waals surface area contributed by atoms with Crippen LogP contribution >= 0.6 is 0 Å². The van der Waals surface area contributed by atoms with E-state index in [1.165, 1.54) is 5.56 Å². The van der Waals surface area contributed by atoms with Crippen LogP contribution in [-0.4, -0.2) is 83.2 Å². The number of benzene rings is 1. The molecule has 8 nitrogen and oxygen atoms in total. The summed E-state index contributed by atoms with van der Waals surface area (Å²) in [6, 6.07) is 15.0. The molecule has 192 valence electrons. The second-order valence-corrected chi connectivity index (χ2v) is 11.4. The number of pyridine rings is 2. The molecule has 0 radical (unpaired) electrons. The minimum Gasteiger partial charge on any atom is -0.368 e. The molecule has 0 unspecified atom stereocenters. The van der Waals surface area contributed by atoms with Crippen molar-refractivity contribution in [1.29, 1.82) is 5.26 Å². The third-order valence-corrected chi connectivity index (χ3v) is 8.25. The number of piperazine rings is 2. The number of aryl methyl sites for hydroxylation is 1. The van der Waals surface area contributed by atoms with Gasteiger partial charge >= 0.3 is 0 Å². The maximum absolute atomic E-state index is 9.58. The molecule has 8 heteroatoms. The largest absolute Gasteiger partial charge is 0.368 e. The van der Waals surface area contributed by atoms with Crippen molar-refractivity contribution >= 4 is 22.4 Å². The monoisotopic (exact) mass is 497 g/mol. The highest BCUT2D eigenvalue weighted by Gasteiger charge is 2.37. The fourth-order valence-corrected chi connectivity index (χ4v) is 6.39. The fourth-order valence-electron chi connectivity index (χ4n) is 6.39. The number of nitrogens with zero attached hydrogens (tertiary/aromatic N) is 7. The highest BCUT2D eigenvalue weighted by atomic mass is 15.4. The molecule has 5 heterocycles. The van der Waals surface area contributed by atoms with Crippen molar-refractivity contribution < 1.29 is 1.37 Å². The Balaban J connectivity index is 1.18. The molecule has 3 aromatic rings. The third kappa shape index (κ3) is 4.52. The fraction of sp³-hybridized carbons (Fsp3) is 0.483. The Kier molecular flexibility index (Phi) is 5.73. The van der Waals surface area contributed by atoms with Crippen molar-refractivity contribution in [2.24, 2.45) is 5.73 Å². The molecular formula is C29H36N8. The molecule has 37 heavy (non-hydrogen) atoms. The quantitative estimate of drug-likeness (QED) is 0.589. The number of fused-ring (bicyclic) bond motifs is 2. The van der Waals surface area contributed by atoms with E-state index in [0.29, 0.717) is 23.2 Å². The van der Waals surface area contributed by atoms with Crippen molar-refractivity contribution in [1.82, 2.24) is 19.8 Å². The van der Waals surface area contributed by atoms with Crippen molar-refractivity contribution in [3.05, 3.63) is 59.4 Å². The van der Waals surface area contributed by atoms with E-state index in [1.807, 2.05) is 12.1 Å². The van der Waals surface area contributed by atoms with E-state index in [4.69, 9.17) is 12.1 Å². The van der Waals surface area contributed by atoms with Gasteiger partial charge in [0, 0.05) is 92.9 Å². The van der Waals surface area contributed by atoms with Gasteiger partial charge in [0.05, 0.1) is 12.5 Å². The summed E-state index contributed by atoms with van der Waals surface area (Å²) in [6.45, 7) is 14.1. The first kappa shape index (κ1) is 22.9. The molecule has 0 saturated carbocycles. The van der Waals surface area contributed by atoms with Gasteiger partial charge in [-0.05, 0) is 56.7 Å². The molecule has 0 bridgehead atoms. The summed E-state index contributed by atoms with van der Waals surface area (Å²) in [6.07, 6.45) is 0.188. The lowest BCUT2D eigenvalue weighted by Crippen LogP contribution is -2.65. The van der Waals surface area contributed by atoms with Crippen LogP contribution in [0.2, 0.25) is 0 Å². The Morgan fingerprint density at radius 1 is 1.14 bits per heavy atom. The van der Waals surface area contributed by atoms with Gasteiger partial charge in [0.1, 0.15) is 11.9 Å². The average Bonchev–Trinajstić information content (AvgIpc) is 2.87. The van der Waals surface area contributed by atoms with Crippen LogP contribution in [0.5, 0.6) is 0 Å². The van der Waals surface area contributed by atoms with E-state index >= 15 is 0 Å². The van der Waals surface area contributed by atoms with E-state index in [1.54, 1.807) is 6.07 Å². The van der Waals surface area contributed by atoms with Crippen LogP contribution in [0.1, 0.15) is 32.0 Å². The third-order valence-electron chi connectivity index (χ3n) is 8.25. The van der Waals surface area contributed by atoms with E-state index in [-0.39, 0.29) is 11.7 Å². The zero-order chi connectivity index (χ0) is 26.6. The Labute approximate surface area is 220 Å². The molecule has 3 aliphatic heterocycles. The van der Waals surface area contributed by atoms with Gasteiger partial charge in [-0.2, -0.15) is 5.26 Å². The van der Waals surface area contributed by atoms with Gasteiger partial charge < -0.3 is 15.5 Å². The first-order valence-electron chi connectivity index (χ1n) is 13.7. The SMILES string of the molecule is [2H]c1ccc2c(N3C[C@@H]4CN(Cc5ccc(N6CC(C)(N)C6)nc5C)CCN4[C@H](C)C3)ccc(C#N)c2n1. The standard InChI is InChI=1S/C29H36N8/c1-20-14-35(26-8-6-22(13-30)28-25(26)5-4-10-32-28)17-24-16-34(11-12-37(20)24)15-23-7-9-27(33-21(23)2)36-18-29(3,31)19-36/h4-10,20,24H,11-12,14-19,31H2,1-3H3/t20-,24+/m1/s1/i10D. The van der Waals surface area contributed by atoms with E-state index in [0.717, 1.165) is 74.9 Å². The number of nitrogens with two attached hydrogens (primary N) is 1. The van der Waals surface area contributed by atoms with E-state index in [9.17, 15) is 5.26 Å². The van der Waals surface area contributed by atoms with E-state index in [2.05, 4.69) is 69.6 Å². The topological polar surface area (TPSA) is 88.5 Å². The van der Waals surface area contributed by atoms with Crippen LogP contribution in [0.25, 0.3) is 10.9 Å². The summed E-state index contributed by atoms with van der Waals surface area (Å²) in [4.78, 5) is 19.2. The van der Waals surface area contributed by atoms with Crippen LogP contribution in [-0.2, 0) is 6.54 Å². The number of anilines is 2. The van der Waals surface area contributed by atoms with Crippen LogP contribution in [0.15, 0.2) is 42.6 Å². The highest BCUT2D eigenvalue weighted by Crippen LogP contribution is 2.32. The molecular weight excluding hydrogens is 460 g/mol. The lowest BCUT2D eigenvalue weighted by Gasteiger charge is -2.51. The van der Waals surface area contributed by atoms with Crippen LogP contribution in [0, 0.1) is 18.3 Å². The van der Waals surface area contributed by atoms with Gasteiger partial charge in [-0.25, -0.2) is 4.98 Å². The minimum absolute atomic E-state index is 0.107. The Morgan fingerprint density at radius 2 is 1.97 bits per heavy atom. The first-order chi connectivity index (χ1) is 18.2. The number of rotatable bonds is 4. The maximum atomic E-state index is 9.58. The lowest BCUT2D eigenvalue weighted by molar-refractivity contribution is 0.0316. The molecule has 2 N–H and O–H groups in total. The predicted molar refractivity (Wildman–Crippen MR) is 148 cm³/mol. The number of hydrogen-bond donors (Lipinski definition) is 1. The number of aromatic nitrogens is 2. The highest BCUT2D eigenvalue weighted by molar-refractivity contribution is 5.95. The summed E-state index contributed by atoms with van der Waals surface area (Å²) in [5.74, 6) is 1.03. The van der Waals surface area contributed by atoms with Crippen LogP contribution < -0.4 is 15.5 Å². The Bertz CT molecular complexity index is 1410. The number of hydrogen-bond acceptors (Lipinski definition) is 8. The maximum Gasteiger partial charge on any atom is 0.128 e. The first-order valence-corrected chi connectivity index (χ1v) is 13.2. The zero-order valence-electron chi connectivity index (χ0n) is 23.0. The zero-order valence-corrected chi connectivity index (χ0v) is 22.0. The van der Waals surface area contributed by atoms with Gasteiger partial charge in [0.15, 0.2) is 0 Å². The molecule has 0 aliphatic carbocycles. The molecule has 2 atom stereocenters. The predicted octanol–water partition coefficient (Wildman–Crippen LogP) is 2.74. The normalized spacial score (nSPS) is 24.4. The Morgan fingerprint density at radius 3 is 2.73 bits per heavy atom. The van der Waals surface area contributed by atoms with Crippen molar-refractivity contribution in [2.45, 2.75) is 44.9 Å². The molecule has 0 spiro atoms. The average molecular weight is 498 g/mol. The van der Waals surface area contributed by atoms with Crippen LogP contribution in [0.4, 0.5) is 11.5 Å². The van der Waals surface area contributed by atoms with Crippen LogP contribution in [0.3, 0.4) is 0 Å². The van der Waals surface area contributed by atoms with Gasteiger partial charge in [-0.15, -0.1) is 0 Å². The molecule has 3 saturated heterocycles. The minimum atomic E-state index is -0.107. The summed E-state index contributed by atoms with van der Waals surface area (Å²) < 4.78 is 7.95. The molecule has 3 aliphatic rings. The van der Waals surface area contributed by atoms with Gasteiger partial charge in [-0.1, -0.05) is 6.07 Å². The molecule has 6 rings (SSSR count). The van der Waals surface area contributed by atoms with Gasteiger partial charge in [0.25, 0.3) is 0 Å². The van der Waals surface area contributed by atoms with Crippen molar-refractivity contribution in [3.63, 3.8) is 0 Å². The summed E-state index contributed by atoms with van der Waals surface area (Å²) in [5.41, 5.74) is 10.7. The Hall–Kier alpha value is -3.25. The second-order valence-electron chi connectivity index (χ2n) is 11.4. The summed E-state index contributed by atoms with van der Waals surface area (Å²) >= 11 is 0. The summed E-state index contributed by atoms with van der Waals surface area (Å²) in [7, 11) is 0. The molecule has 2 aromatic heterocycles. The lowest BCUT2D eigenvalue weighted by atomic mass is 9.94. The number of nitriles is 1. The molecule has 1 aromatic carbocycles. The second kappa shape index (κ2) is 9.25. The van der Waals surface area contributed by atoms with E-state index < -0.39 is 0 Å².